The van der Waals surface area contributed by atoms with Gasteiger partial charge < -0.3 is 11.1 Å². The molecule has 0 unspecified atom stereocenters. The molecule has 0 radical (unpaired) electrons. The van der Waals surface area contributed by atoms with E-state index >= 15 is 0 Å². The van der Waals surface area contributed by atoms with Gasteiger partial charge >= 0.3 is 0 Å². The molecule has 0 fully saturated rings. The lowest BCUT2D eigenvalue weighted by Crippen LogP contribution is -1.99. The predicted octanol–water partition coefficient (Wildman–Crippen LogP) is 3.60. The van der Waals surface area contributed by atoms with E-state index in [-0.39, 0.29) is 5.69 Å². The Morgan fingerprint density at radius 2 is 1.76 bits per heavy atom. The number of anilines is 3. The van der Waals surface area contributed by atoms with Gasteiger partial charge in [0.25, 0.3) is 0 Å². The highest BCUT2D eigenvalue weighted by atomic mass is 19.1. The van der Waals surface area contributed by atoms with Gasteiger partial charge in [-0.1, -0.05) is 6.07 Å². The number of halogens is 2. The first-order valence-electron chi connectivity index (χ1n) is 5.14. The minimum absolute atomic E-state index is 0.0700. The molecule has 2 nitrogen and oxygen atoms in total. The van der Waals surface area contributed by atoms with Crippen LogP contribution in [0.4, 0.5) is 25.8 Å². The molecule has 88 valence electrons. The van der Waals surface area contributed by atoms with Crippen molar-refractivity contribution in [2.45, 2.75) is 6.92 Å². The Kier molecular flexibility index (Phi) is 2.95. The molecule has 3 N–H and O–H groups in total. The number of hydrogen-bond acceptors (Lipinski definition) is 2. The predicted molar refractivity (Wildman–Crippen MR) is 65.2 cm³/mol. The zero-order valence-corrected chi connectivity index (χ0v) is 9.30. The van der Waals surface area contributed by atoms with Crippen molar-refractivity contribution in [3.63, 3.8) is 0 Å². The Balaban J connectivity index is 2.34. The van der Waals surface area contributed by atoms with Gasteiger partial charge in [-0.2, -0.15) is 0 Å². The summed E-state index contributed by atoms with van der Waals surface area (Å²) in [7, 11) is 0. The summed E-state index contributed by atoms with van der Waals surface area (Å²) < 4.78 is 26.4. The van der Waals surface area contributed by atoms with Crippen LogP contribution in [-0.4, -0.2) is 0 Å². The second-order valence-corrected chi connectivity index (χ2v) is 3.84. The van der Waals surface area contributed by atoms with E-state index in [9.17, 15) is 8.78 Å². The number of aryl methyl sites for hydroxylation is 1. The number of rotatable bonds is 2. The van der Waals surface area contributed by atoms with Crippen LogP contribution in [0.25, 0.3) is 0 Å². The maximum atomic E-state index is 13.4. The van der Waals surface area contributed by atoms with Crippen molar-refractivity contribution in [3.8, 4) is 0 Å². The van der Waals surface area contributed by atoms with Gasteiger partial charge in [0.1, 0.15) is 11.6 Å². The van der Waals surface area contributed by atoms with Crippen LogP contribution in [0.5, 0.6) is 0 Å². The molecule has 2 aromatic rings. The molecular weight excluding hydrogens is 222 g/mol. The molecule has 0 atom stereocenters. The van der Waals surface area contributed by atoms with Crippen LogP contribution in [-0.2, 0) is 0 Å². The Hall–Kier alpha value is -2.10. The fraction of sp³-hybridized carbons (Fsp3) is 0.0769. The second-order valence-electron chi connectivity index (χ2n) is 3.84. The van der Waals surface area contributed by atoms with Crippen LogP contribution in [0.15, 0.2) is 36.4 Å². The highest BCUT2D eigenvalue weighted by Gasteiger charge is 2.06. The molecule has 4 heteroatoms. The van der Waals surface area contributed by atoms with Gasteiger partial charge in [0, 0.05) is 6.07 Å². The van der Waals surface area contributed by atoms with Gasteiger partial charge in [-0.15, -0.1) is 0 Å². The normalized spacial score (nSPS) is 10.3. The molecule has 2 aromatic carbocycles. The van der Waals surface area contributed by atoms with Crippen molar-refractivity contribution in [1.82, 2.24) is 0 Å². The van der Waals surface area contributed by atoms with E-state index in [1.807, 2.05) is 13.0 Å². The Morgan fingerprint density at radius 3 is 2.47 bits per heavy atom. The maximum Gasteiger partial charge on any atom is 0.146 e. The molecule has 0 aromatic heterocycles. The molecule has 0 aliphatic rings. The van der Waals surface area contributed by atoms with Crippen LogP contribution < -0.4 is 11.1 Å². The van der Waals surface area contributed by atoms with E-state index in [0.717, 1.165) is 23.8 Å². The SMILES string of the molecule is Cc1ccc(Nc2cc(F)ccc2F)c(N)c1. The molecule has 0 bridgehead atoms. The monoisotopic (exact) mass is 234 g/mol. The molecule has 2 rings (SSSR count). The topological polar surface area (TPSA) is 38.0 Å². The number of hydrogen-bond donors (Lipinski definition) is 2. The van der Waals surface area contributed by atoms with Crippen LogP contribution in [0, 0.1) is 18.6 Å². The number of benzene rings is 2. The summed E-state index contributed by atoms with van der Waals surface area (Å²) in [6.45, 7) is 1.91. The summed E-state index contributed by atoms with van der Waals surface area (Å²) in [6, 6.07) is 8.57. The molecule has 0 saturated carbocycles. The Labute approximate surface area is 98.1 Å². The quantitative estimate of drug-likeness (QED) is 0.779. The van der Waals surface area contributed by atoms with Gasteiger partial charge in [-0.05, 0) is 36.8 Å². The molecule has 17 heavy (non-hydrogen) atoms. The Morgan fingerprint density at radius 1 is 1.00 bits per heavy atom. The lowest BCUT2D eigenvalue weighted by molar-refractivity contribution is 0.603. The Bertz CT molecular complexity index is 553. The number of nitrogen functional groups attached to an aromatic ring is 1. The summed E-state index contributed by atoms with van der Waals surface area (Å²) in [5.74, 6) is -1.02. The summed E-state index contributed by atoms with van der Waals surface area (Å²) in [5.41, 5.74) is 7.91. The highest BCUT2D eigenvalue weighted by molar-refractivity contribution is 5.73. The van der Waals surface area contributed by atoms with Crippen molar-refractivity contribution in [1.29, 1.82) is 0 Å². The average molecular weight is 234 g/mol. The standard InChI is InChI=1S/C13H12F2N2/c1-8-2-5-12(11(16)6-8)17-13-7-9(14)3-4-10(13)15/h2-7,17H,16H2,1H3. The minimum atomic E-state index is -0.522. The van der Waals surface area contributed by atoms with Crippen LogP contribution in [0.2, 0.25) is 0 Å². The zero-order valence-electron chi connectivity index (χ0n) is 9.30. The third-order valence-corrected chi connectivity index (χ3v) is 2.40. The van der Waals surface area contributed by atoms with Gasteiger partial charge in [0.05, 0.1) is 17.1 Å². The first-order valence-corrected chi connectivity index (χ1v) is 5.14. The van der Waals surface area contributed by atoms with Crippen molar-refractivity contribution in [2.24, 2.45) is 0 Å². The summed E-state index contributed by atoms with van der Waals surface area (Å²) in [6.07, 6.45) is 0. The molecule has 0 heterocycles. The number of nitrogens with one attached hydrogen (secondary N) is 1. The highest BCUT2D eigenvalue weighted by Crippen LogP contribution is 2.26. The van der Waals surface area contributed by atoms with Crippen molar-refractivity contribution in [3.05, 3.63) is 53.6 Å². The van der Waals surface area contributed by atoms with Crippen LogP contribution >= 0.6 is 0 Å². The first-order chi connectivity index (χ1) is 8.06. The van der Waals surface area contributed by atoms with E-state index in [1.165, 1.54) is 0 Å². The molecule has 0 spiro atoms. The van der Waals surface area contributed by atoms with E-state index < -0.39 is 11.6 Å². The minimum Gasteiger partial charge on any atom is -0.397 e. The fourth-order valence-electron chi connectivity index (χ4n) is 1.53. The number of nitrogens with two attached hydrogens (primary N) is 1. The third-order valence-electron chi connectivity index (χ3n) is 2.40. The van der Waals surface area contributed by atoms with Gasteiger partial charge in [-0.25, -0.2) is 8.78 Å². The second kappa shape index (κ2) is 4.41. The smallest absolute Gasteiger partial charge is 0.146 e. The summed E-state index contributed by atoms with van der Waals surface area (Å²) in [4.78, 5) is 0. The summed E-state index contributed by atoms with van der Waals surface area (Å²) >= 11 is 0. The van der Waals surface area contributed by atoms with Crippen molar-refractivity contribution < 1.29 is 8.78 Å². The van der Waals surface area contributed by atoms with Gasteiger partial charge in [0.2, 0.25) is 0 Å². The molecule has 0 aliphatic carbocycles. The van der Waals surface area contributed by atoms with Gasteiger partial charge in [0.15, 0.2) is 0 Å². The van der Waals surface area contributed by atoms with Gasteiger partial charge in [-0.3, -0.25) is 0 Å². The van der Waals surface area contributed by atoms with Crippen molar-refractivity contribution in [2.75, 3.05) is 11.1 Å². The zero-order chi connectivity index (χ0) is 12.4. The molecule has 0 amide bonds. The fourth-order valence-corrected chi connectivity index (χ4v) is 1.53. The van der Waals surface area contributed by atoms with Crippen molar-refractivity contribution >= 4 is 17.1 Å². The average Bonchev–Trinajstić information content (AvgIpc) is 2.27. The lowest BCUT2D eigenvalue weighted by Gasteiger charge is -2.10. The molecular formula is C13H12F2N2. The molecule has 0 aliphatic heterocycles. The van der Waals surface area contributed by atoms with Crippen LogP contribution in [0.1, 0.15) is 5.56 Å². The van der Waals surface area contributed by atoms with E-state index in [4.69, 9.17) is 5.73 Å². The summed E-state index contributed by atoms with van der Waals surface area (Å²) in [5, 5.41) is 2.77. The van der Waals surface area contributed by atoms with E-state index in [0.29, 0.717) is 11.4 Å². The van der Waals surface area contributed by atoms with E-state index in [2.05, 4.69) is 5.32 Å². The molecule has 0 saturated heterocycles. The lowest BCUT2D eigenvalue weighted by atomic mass is 10.2. The van der Waals surface area contributed by atoms with E-state index in [1.54, 1.807) is 12.1 Å². The third kappa shape index (κ3) is 2.53. The largest absolute Gasteiger partial charge is 0.397 e. The van der Waals surface area contributed by atoms with Crippen LogP contribution in [0.3, 0.4) is 0 Å². The first kappa shape index (κ1) is 11.4. The maximum absolute atomic E-state index is 13.4.